The van der Waals surface area contributed by atoms with Gasteiger partial charge in [-0.1, -0.05) is 6.07 Å². The summed E-state index contributed by atoms with van der Waals surface area (Å²) in [5.41, 5.74) is 2.00. The maximum atomic E-state index is 15.6. The van der Waals surface area contributed by atoms with Crippen LogP contribution in [0.3, 0.4) is 0 Å². The lowest BCUT2D eigenvalue weighted by molar-refractivity contribution is -0.131. The predicted molar refractivity (Wildman–Crippen MR) is 118 cm³/mol. The predicted octanol–water partition coefficient (Wildman–Crippen LogP) is 4.50. The number of nitrogens with zero attached hydrogens (tertiary/aromatic N) is 2. The van der Waals surface area contributed by atoms with Crippen molar-refractivity contribution < 1.29 is 23.4 Å². The SMILES string of the molecule is COc1cc(/C=C/C(=O)O)cc(F)c1C1c2ccc3[nH]ncc3c2CCN1CC(C)(C)F. The zero-order valence-corrected chi connectivity index (χ0v) is 18.2. The normalized spacial score (nSPS) is 17.1. The fraction of sp³-hybridized carbons (Fsp3) is 0.333. The van der Waals surface area contributed by atoms with Crippen LogP contribution in [0.4, 0.5) is 8.78 Å². The number of hydrogen-bond donors (Lipinski definition) is 2. The number of nitrogens with one attached hydrogen (secondary N) is 1. The summed E-state index contributed by atoms with van der Waals surface area (Å²) in [6, 6.07) is 6.13. The van der Waals surface area contributed by atoms with Gasteiger partial charge in [-0.25, -0.2) is 13.6 Å². The quantitative estimate of drug-likeness (QED) is 0.551. The molecule has 1 unspecified atom stereocenters. The van der Waals surface area contributed by atoms with Crippen LogP contribution in [-0.2, 0) is 11.2 Å². The molecule has 2 aromatic carbocycles. The minimum Gasteiger partial charge on any atom is -0.496 e. The van der Waals surface area contributed by atoms with Gasteiger partial charge in [-0.15, -0.1) is 0 Å². The van der Waals surface area contributed by atoms with Crippen LogP contribution in [0.2, 0.25) is 0 Å². The number of aromatic amines is 1. The van der Waals surface area contributed by atoms with Crippen molar-refractivity contribution in [2.45, 2.75) is 32.0 Å². The molecule has 0 fully saturated rings. The smallest absolute Gasteiger partial charge is 0.328 e. The van der Waals surface area contributed by atoms with Crippen molar-refractivity contribution >= 4 is 22.9 Å². The highest BCUT2D eigenvalue weighted by Crippen LogP contribution is 2.43. The van der Waals surface area contributed by atoms with E-state index in [4.69, 9.17) is 9.84 Å². The molecule has 32 heavy (non-hydrogen) atoms. The molecule has 2 heterocycles. The Labute approximate surface area is 184 Å². The summed E-state index contributed by atoms with van der Waals surface area (Å²) in [5, 5.41) is 16.9. The van der Waals surface area contributed by atoms with Crippen molar-refractivity contribution in [3.05, 3.63) is 64.6 Å². The van der Waals surface area contributed by atoms with Crippen LogP contribution in [0.1, 0.15) is 42.1 Å². The first-order chi connectivity index (χ1) is 15.2. The number of fused-ring (bicyclic) bond motifs is 3. The summed E-state index contributed by atoms with van der Waals surface area (Å²) in [5.74, 6) is -1.39. The number of methoxy groups -OCH3 is 1. The largest absolute Gasteiger partial charge is 0.496 e. The first kappa shape index (κ1) is 22.0. The maximum absolute atomic E-state index is 15.6. The van der Waals surface area contributed by atoms with Crippen molar-refractivity contribution in [1.82, 2.24) is 15.1 Å². The van der Waals surface area contributed by atoms with E-state index in [2.05, 4.69) is 10.2 Å². The molecule has 1 aromatic heterocycles. The van der Waals surface area contributed by atoms with E-state index in [-0.39, 0.29) is 12.3 Å². The van der Waals surface area contributed by atoms with Crippen LogP contribution in [0.5, 0.6) is 5.75 Å². The van der Waals surface area contributed by atoms with Gasteiger partial charge in [-0.3, -0.25) is 10.00 Å². The van der Waals surface area contributed by atoms with Crippen molar-refractivity contribution in [2.24, 2.45) is 0 Å². The molecule has 1 aliphatic rings. The lowest BCUT2D eigenvalue weighted by Crippen LogP contribution is -2.43. The van der Waals surface area contributed by atoms with Gasteiger partial charge in [-0.05, 0) is 61.2 Å². The molecule has 0 radical (unpaired) electrons. The van der Waals surface area contributed by atoms with Crippen LogP contribution in [0, 0.1) is 5.82 Å². The number of halogens is 2. The van der Waals surface area contributed by atoms with Gasteiger partial charge in [0.15, 0.2) is 0 Å². The Balaban J connectivity index is 1.90. The Morgan fingerprint density at radius 1 is 1.41 bits per heavy atom. The molecule has 1 atom stereocenters. The molecule has 6 nitrogen and oxygen atoms in total. The fourth-order valence-electron chi connectivity index (χ4n) is 4.51. The molecule has 0 saturated heterocycles. The minimum atomic E-state index is -1.48. The van der Waals surface area contributed by atoms with Gasteiger partial charge in [0, 0.05) is 24.6 Å². The monoisotopic (exact) mass is 441 g/mol. The molecular weight excluding hydrogens is 416 g/mol. The van der Waals surface area contributed by atoms with Gasteiger partial charge < -0.3 is 9.84 Å². The van der Waals surface area contributed by atoms with Gasteiger partial charge >= 0.3 is 5.97 Å². The van der Waals surface area contributed by atoms with Gasteiger partial charge in [0.25, 0.3) is 0 Å². The topological polar surface area (TPSA) is 78.5 Å². The molecule has 0 amide bonds. The molecule has 0 saturated carbocycles. The van der Waals surface area contributed by atoms with Crippen molar-refractivity contribution in [3.63, 3.8) is 0 Å². The van der Waals surface area contributed by atoms with Gasteiger partial charge in [0.05, 0.1) is 30.4 Å². The maximum Gasteiger partial charge on any atom is 0.328 e. The van der Waals surface area contributed by atoms with Crippen LogP contribution in [-0.4, -0.2) is 52.0 Å². The third-order valence-corrected chi connectivity index (χ3v) is 5.69. The Hall–Kier alpha value is -3.26. The minimum absolute atomic E-state index is 0.115. The summed E-state index contributed by atoms with van der Waals surface area (Å²) in [4.78, 5) is 12.8. The number of aromatic nitrogens is 2. The van der Waals surface area contributed by atoms with Crippen LogP contribution < -0.4 is 4.74 Å². The van der Waals surface area contributed by atoms with Crippen LogP contribution in [0.15, 0.2) is 36.5 Å². The summed E-state index contributed by atoms with van der Waals surface area (Å²) >= 11 is 0. The standard InChI is InChI=1S/C24H25F2N3O3/c1-24(2,26)13-29-9-8-15-16(5-6-19-17(15)12-27-28-19)23(29)22-18(25)10-14(4-7-21(30)31)11-20(22)32-3/h4-7,10-12,23H,8-9,13H2,1-3H3,(H,27,28)(H,30,31)/b7-4+. The molecule has 2 N–H and O–H groups in total. The second kappa shape index (κ2) is 8.35. The Morgan fingerprint density at radius 2 is 2.19 bits per heavy atom. The number of alkyl halides is 1. The van der Waals surface area contributed by atoms with Crippen molar-refractivity contribution in [3.8, 4) is 5.75 Å². The number of H-pyrrole nitrogens is 1. The Kier molecular flexibility index (Phi) is 5.73. The third-order valence-electron chi connectivity index (χ3n) is 5.69. The first-order valence-electron chi connectivity index (χ1n) is 10.3. The second-order valence-electron chi connectivity index (χ2n) is 8.60. The molecule has 3 aromatic rings. The molecule has 0 spiro atoms. The molecule has 1 aliphatic heterocycles. The summed E-state index contributed by atoms with van der Waals surface area (Å²) in [6.45, 7) is 3.67. The lowest BCUT2D eigenvalue weighted by Gasteiger charge is -2.40. The number of rotatable bonds is 6. The van der Waals surface area contributed by atoms with Crippen molar-refractivity contribution in [1.29, 1.82) is 0 Å². The van der Waals surface area contributed by atoms with E-state index in [1.165, 1.54) is 33.1 Å². The summed E-state index contributed by atoms with van der Waals surface area (Å²) in [7, 11) is 1.44. The van der Waals surface area contributed by atoms with E-state index in [0.717, 1.165) is 28.1 Å². The molecule has 168 valence electrons. The summed E-state index contributed by atoms with van der Waals surface area (Å²) < 4.78 is 35.8. The number of hydrogen-bond acceptors (Lipinski definition) is 4. The Morgan fingerprint density at radius 3 is 2.88 bits per heavy atom. The molecular formula is C24H25F2N3O3. The average molecular weight is 441 g/mol. The van der Waals surface area contributed by atoms with E-state index in [1.807, 2.05) is 17.0 Å². The fourth-order valence-corrected chi connectivity index (χ4v) is 4.51. The van der Waals surface area contributed by atoms with E-state index < -0.39 is 23.5 Å². The average Bonchev–Trinajstić information content (AvgIpc) is 3.20. The number of benzene rings is 2. The van der Waals surface area contributed by atoms with Crippen LogP contribution in [0.25, 0.3) is 17.0 Å². The number of carboxylic acid groups (broad SMARTS) is 1. The van der Waals surface area contributed by atoms with Crippen molar-refractivity contribution in [2.75, 3.05) is 20.2 Å². The lowest BCUT2D eigenvalue weighted by atomic mass is 9.85. The van der Waals surface area contributed by atoms with E-state index >= 15 is 4.39 Å². The molecule has 0 aliphatic carbocycles. The number of aliphatic carboxylic acids is 1. The molecule has 4 rings (SSSR count). The van der Waals surface area contributed by atoms with Crippen LogP contribution >= 0.6 is 0 Å². The third kappa shape index (κ3) is 4.23. The van der Waals surface area contributed by atoms with E-state index in [1.54, 1.807) is 12.3 Å². The van der Waals surface area contributed by atoms with Gasteiger partial charge in [-0.2, -0.15) is 5.10 Å². The zero-order chi connectivity index (χ0) is 23.0. The molecule has 8 heteroatoms. The highest BCUT2D eigenvalue weighted by molar-refractivity contribution is 5.85. The van der Waals surface area contributed by atoms with E-state index in [9.17, 15) is 9.18 Å². The molecule has 0 bridgehead atoms. The number of carboxylic acids is 1. The highest BCUT2D eigenvalue weighted by Gasteiger charge is 2.36. The van der Waals surface area contributed by atoms with E-state index in [0.29, 0.717) is 24.1 Å². The highest BCUT2D eigenvalue weighted by atomic mass is 19.1. The first-order valence-corrected chi connectivity index (χ1v) is 10.3. The zero-order valence-electron chi connectivity index (χ0n) is 18.2. The summed E-state index contributed by atoms with van der Waals surface area (Å²) in [6.07, 6.45) is 4.69. The van der Waals surface area contributed by atoms with Gasteiger partial charge in [0.2, 0.25) is 0 Å². The Bertz CT molecular complexity index is 1200. The number of ether oxygens (including phenoxy) is 1. The van der Waals surface area contributed by atoms with Gasteiger partial charge in [0.1, 0.15) is 17.2 Å². The number of carbonyl (C=O) groups is 1. The second-order valence-corrected chi connectivity index (χ2v) is 8.60.